The Balaban J connectivity index is 2.31. The summed E-state index contributed by atoms with van der Waals surface area (Å²) in [7, 11) is 0. The van der Waals surface area contributed by atoms with Crippen molar-refractivity contribution in [3.63, 3.8) is 0 Å². The summed E-state index contributed by atoms with van der Waals surface area (Å²) >= 11 is 4.34. The van der Waals surface area contributed by atoms with Gasteiger partial charge in [-0.15, -0.1) is 0 Å². The number of halogens is 3. The minimum Gasteiger partial charge on any atom is -0.280 e. The van der Waals surface area contributed by atoms with E-state index in [1.165, 1.54) is 6.07 Å². The van der Waals surface area contributed by atoms with Crippen molar-refractivity contribution in [1.82, 2.24) is 8.96 Å². The Morgan fingerprint density at radius 3 is 2.50 bits per heavy atom. The number of benzene rings is 1. The highest BCUT2D eigenvalue weighted by atomic mass is 32.1. The molecule has 0 unspecified atom stereocenters. The van der Waals surface area contributed by atoms with Crippen LogP contribution in [0.3, 0.4) is 0 Å². The van der Waals surface area contributed by atoms with Crippen LogP contribution in [0.5, 0.6) is 0 Å². The molecule has 0 atom stereocenters. The van der Waals surface area contributed by atoms with Crippen molar-refractivity contribution >= 4 is 12.8 Å². The van der Waals surface area contributed by atoms with Gasteiger partial charge in [-0.1, -0.05) is 51.6 Å². The number of hydrogen-bond acceptors (Lipinski definition) is 2. The third-order valence-electron chi connectivity index (χ3n) is 3.87. The molecule has 6 heteroatoms. The lowest BCUT2D eigenvalue weighted by atomic mass is 9.99. The van der Waals surface area contributed by atoms with E-state index >= 15 is 0 Å². The third kappa shape index (κ3) is 3.85. The number of aromatic nitrogens is 2. The fourth-order valence-corrected chi connectivity index (χ4v) is 2.61. The van der Waals surface area contributed by atoms with Crippen LogP contribution >= 0.6 is 12.8 Å². The number of nitrogens with zero attached hydrogens (tertiary/aromatic N) is 2. The van der Waals surface area contributed by atoms with Crippen molar-refractivity contribution in [1.29, 1.82) is 0 Å². The maximum atomic E-state index is 12.8. The Kier molecular flexibility index (Phi) is 5.21. The first-order chi connectivity index (χ1) is 10.3. The maximum Gasteiger partial charge on any atom is 0.416 e. The molecule has 1 aromatic carbocycles. The molecule has 120 valence electrons. The first kappa shape index (κ1) is 16.9. The first-order valence-corrected chi connectivity index (χ1v) is 7.70. The molecule has 22 heavy (non-hydrogen) atoms. The van der Waals surface area contributed by atoms with Gasteiger partial charge in [0, 0.05) is 18.2 Å². The van der Waals surface area contributed by atoms with E-state index in [4.69, 9.17) is 0 Å². The van der Waals surface area contributed by atoms with Gasteiger partial charge in [0.15, 0.2) is 0 Å². The first-order valence-electron chi connectivity index (χ1n) is 7.30. The van der Waals surface area contributed by atoms with Crippen LogP contribution in [0.2, 0.25) is 0 Å². The van der Waals surface area contributed by atoms with Gasteiger partial charge in [0.1, 0.15) is 5.82 Å². The zero-order valence-corrected chi connectivity index (χ0v) is 13.5. The molecule has 0 saturated heterocycles. The number of alkyl halides is 3. The second kappa shape index (κ2) is 6.77. The molecule has 0 bridgehead atoms. The second-order valence-corrected chi connectivity index (χ2v) is 5.78. The van der Waals surface area contributed by atoms with Crippen molar-refractivity contribution in [2.45, 2.75) is 39.3 Å². The lowest BCUT2D eigenvalue weighted by Crippen LogP contribution is -2.05. The van der Waals surface area contributed by atoms with Crippen LogP contribution in [-0.4, -0.2) is 8.96 Å². The largest absolute Gasteiger partial charge is 0.416 e. The minimum absolute atomic E-state index is 0.452. The number of rotatable bonds is 5. The zero-order valence-electron chi connectivity index (χ0n) is 12.6. The second-order valence-electron chi connectivity index (χ2n) is 5.35. The van der Waals surface area contributed by atoms with Crippen LogP contribution in [-0.2, 0) is 12.6 Å². The van der Waals surface area contributed by atoms with Crippen molar-refractivity contribution in [2.24, 2.45) is 5.92 Å². The standard InChI is InChI=1S/C16H19F3N2S/c1-3-11(4-2)8-15-20-14(10-21(15)22)12-6-5-7-13(9-12)16(17,18)19/h5-7,9-11,22H,3-4,8H2,1-2H3. The minimum atomic E-state index is -4.35. The summed E-state index contributed by atoms with van der Waals surface area (Å²) in [4.78, 5) is 4.46. The Morgan fingerprint density at radius 1 is 1.23 bits per heavy atom. The lowest BCUT2D eigenvalue weighted by Gasteiger charge is -2.10. The van der Waals surface area contributed by atoms with E-state index in [2.05, 4.69) is 31.6 Å². The summed E-state index contributed by atoms with van der Waals surface area (Å²) in [5.41, 5.74) is 0.302. The molecule has 0 fully saturated rings. The van der Waals surface area contributed by atoms with Crippen molar-refractivity contribution in [3.8, 4) is 11.3 Å². The van der Waals surface area contributed by atoms with Gasteiger partial charge in [-0.3, -0.25) is 3.97 Å². The van der Waals surface area contributed by atoms with E-state index in [0.717, 1.165) is 37.2 Å². The molecule has 1 aromatic heterocycles. The molecular formula is C16H19F3N2S. The lowest BCUT2D eigenvalue weighted by molar-refractivity contribution is -0.137. The predicted octanol–water partition coefficient (Wildman–Crippen LogP) is 5.24. The number of hydrogen-bond donors (Lipinski definition) is 1. The third-order valence-corrected chi connectivity index (χ3v) is 4.22. The van der Waals surface area contributed by atoms with Gasteiger partial charge in [0.2, 0.25) is 0 Å². The van der Waals surface area contributed by atoms with Crippen LogP contribution in [0.4, 0.5) is 13.2 Å². The number of thiol groups is 1. The van der Waals surface area contributed by atoms with Gasteiger partial charge in [0.05, 0.1) is 11.3 Å². The molecule has 0 radical (unpaired) electrons. The van der Waals surface area contributed by atoms with E-state index < -0.39 is 11.7 Å². The van der Waals surface area contributed by atoms with Gasteiger partial charge in [-0.2, -0.15) is 13.2 Å². The van der Waals surface area contributed by atoms with Gasteiger partial charge in [-0.05, 0) is 18.1 Å². The van der Waals surface area contributed by atoms with Crippen LogP contribution in [0, 0.1) is 5.92 Å². The summed E-state index contributed by atoms with van der Waals surface area (Å²) in [6.07, 6.45) is 0.162. The quantitative estimate of drug-likeness (QED) is 0.743. The van der Waals surface area contributed by atoms with Crippen LogP contribution in [0.25, 0.3) is 11.3 Å². The summed E-state index contributed by atoms with van der Waals surface area (Å²) in [6.45, 7) is 4.24. The highest BCUT2D eigenvalue weighted by Gasteiger charge is 2.30. The van der Waals surface area contributed by atoms with Gasteiger partial charge in [-0.25, -0.2) is 4.98 Å². The summed E-state index contributed by atoms with van der Waals surface area (Å²) < 4.78 is 40.0. The van der Waals surface area contributed by atoms with Gasteiger partial charge in [0.25, 0.3) is 0 Å². The Bertz CT molecular complexity index is 631. The predicted molar refractivity (Wildman–Crippen MR) is 84.8 cm³/mol. The Morgan fingerprint density at radius 2 is 1.91 bits per heavy atom. The molecule has 0 N–H and O–H groups in total. The molecule has 2 rings (SSSR count). The Labute approximate surface area is 133 Å². The smallest absolute Gasteiger partial charge is 0.280 e. The normalized spacial score (nSPS) is 12.1. The van der Waals surface area contributed by atoms with Crippen molar-refractivity contribution < 1.29 is 13.2 Å². The molecule has 0 aliphatic carbocycles. The molecule has 0 aliphatic rings. The van der Waals surface area contributed by atoms with E-state index in [-0.39, 0.29) is 0 Å². The molecule has 2 aromatic rings. The van der Waals surface area contributed by atoms with E-state index in [9.17, 15) is 13.2 Å². The molecule has 1 heterocycles. The molecular weight excluding hydrogens is 309 g/mol. The van der Waals surface area contributed by atoms with Crippen LogP contribution in [0.1, 0.15) is 38.1 Å². The van der Waals surface area contributed by atoms with Gasteiger partial charge >= 0.3 is 6.18 Å². The molecule has 0 spiro atoms. The van der Waals surface area contributed by atoms with E-state index in [1.54, 1.807) is 16.2 Å². The monoisotopic (exact) mass is 328 g/mol. The highest BCUT2D eigenvalue weighted by molar-refractivity contribution is 7.78. The van der Waals surface area contributed by atoms with Crippen LogP contribution in [0.15, 0.2) is 30.5 Å². The van der Waals surface area contributed by atoms with E-state index in [0.29, 0.717) is 17.2 Å². The van der Waals surface area contributed by atoms with Crippen molar-refractivity contribution in [3.05, 3.63) is 41.9 Å². The van der Waals surface area contributed by atoms with Crippen LogP contribution < -0.4 is 0 Å². The zero-order chi connectivity index (χ0) is 16.3. The number of imidazole rings is 1. The average Bonchev–Trinajstić information content (AvgIpc) is 2.85. The summed E-state index contributed by atoms with van der Waals surface area (Å²) in [5, 5.41) is 0. The van der Waals surface area contributed by atoms with E-state index in [1.807, 2.05) is 0 Å². The SMILES string of the molecule is CCC(CC)Cc1nc(-c2cccc(C(F)(F)F)c2)cn1S. The Hall–Kier alpha value is -1.43. The topological polar surface area (TPSA) is 17.8 Å². The summed E-state index contributed by atoms with van der Waals surface area (Å²) in [5.74, 6) is 1.28. The highest BCUT2D eigenvalue weighted by Crippen LogP contribution is 2.32. The fraction of sp³-hybridized carbons (Fsp3) is 0.438. The molecule has 0 saturated carbocycles. The van der Waals surface area contributed by atoms with Crippen molar-refractivity contribution in [2.75, 3.05) is 0 Å². The summed E-state index contributed by atoms with van der Waals surface area (Å²) in [6, 6.07) is 5.21. The molecule has 0 amide bonds. The fourth-order valence-electron chi connectivity index (χ4n) is 2.38. The maximum absolute atomic E-state index is 12.8. The molecule has 2 nitrogen and oxygen atoms in total. The average molecular weight is 328 g/mol. The van der Waals surface area contributed by atoms with Gasteiger partial charge < -0.3 is 0 Å². The molecule has 0 aliphatic heterocycles.